The number of hydrogen-bond acceptors (Lipinski definition) is 5. The van der Waals surface area contributed by atoms with E-state index in [1.165, 1.54) is 24.5 Å². The Labute approximate surface area is 126 Å². The molecule has 1 atom stereocenters. The first-order chi connectivity index (χ1) is 9.91. The second kappa shape index (κ2) is 6.64. The third-order valence-corrected chi connectivity index (χ3v) is 5.41. The van der Waals surface area contributed by atoms with Gasteiger partial charge in [-0.15, -0.1) is 0 Å². The Bertz CT molecular complexity index is 581. The SMILES string of the molecule is CN(C)S(=O)(=O)c1ccc(N)c(NCC2CCCCO2)c1. The number of sulfonamides is 1. The highest BCUT2D eigenvalue weighted by Crippen LogP contribution is 2.25. The number of anilines is 2. The molecule has 1 aromatic rings. The lowest BCUT2D eigenvalue weighted by atomic mass is 10.1. The number of nitrogens with one attached hydrogen (secondary N) is 1. The fourth-order valence-corrected chi connectivity index (χ4v) is 3.18. The Morgan fingerprint density at radius 3 is 2.76 bits per heavy atom. The van der Waals surface area contributed by atoms with E-state index in [1.807, 2.05) is 0 Å². The first-order valence-electron chi connectivity index (χ1n) is 7.09. The van der Waals surface area contributed by atoms with Crippen molar-refractivity contribution in [2.75, 3.05) is 38.3 Å². The molecule has 0 aliphatic carbocycles. The van der Waals surface area contributed by atoms with E-state index in [9.17, 15) is 8.42 Å². The third kappa shape index (κ3) is 3.87. The van der Waals surface area contributed by atoms with E-state index >= 15 is 0 Å². The maximum atomic E-state index is 12.1. The minimum Gasteiger partial charge on any atom is -0.397 e. The number of rotatable bonds is 5. The van der Waals surface area contributed by atoms with Crippen molar-refractivity contribution in [1.82, 2.24) is 4.31 Å². The molecule has 1 aliphatic heterocycles. The van der Waals surface area contributed by atoms with Gasteiger partial charge in [-0.2, -0.15) is 0 Å². The average Bonchev–Trinajstić information content (AvgIpc) is 2.47. The van der Waals surface area contributed by atoms with E-state index in [0.29, 0.717) is 17.9 Å². The maximum Gasteiger partial charge on any atom is 0.242 e. The molecule has 1 unspecified atom stereocenters. The van der Waals surface area contributed by atoms with Crippen LogP contribution < -0.4 is 11.1 Å². The van der Waals surface area contributed by atoms with E-state index in [4.69, 9.17) is 10.5 Å². The number of benzene rings is 1. The molecule has 2 rings (SSSR count). The Hall–Kier alpha value is -1.31. The topological polar surface area (TPSA) is 84.7 Å². The quantitative estimate of drug-likeness (QED) is 0.805. The Kier molecular flexibility index (Phi) is 5.08. The molecule has 0 saturated carbocycles. The molecule has 0 radical (unpaired) electrons. The Morgan fingerprint density at radius 2 is 2.14 bits per heavy atom. The van der Waals surface area contributed by atoms with Gasteiger partial charge in [0.15, 0.2) is 0 Å². The van der Waals surface area contributed by atoms with Crippen LogP contribution in [0.1, 0.15) is 19.3 Å². The van der Waals surface area contributed by atoms with Gasteiger partial charge in [0.1, 0.15) is 0 Å². The highest BCUT2D eigenvalue weighted by atomic mass is 32.2. The van der Waals surface area contributed by atoms with Gasteiger partial charge in [-0.05, 0) is 37.5 Å². The van der Waals surface area contributed by atoms with Crippen molar-refractivity contribution in [2.24, 2.45) is 0 Å². The van der Waals surface area contributed by atoms with E-state index in [2.05, 4.69) is 5.32 Å². The van der Waals surface area contributed by atoms with E-state index in [-0.39, 0.29) is 11.0 Å². The molecule has 7 heteroatoms. The van der Waals surface area contributed by atoms with Gasteiger partial charge in [-0.1, -0.05) is 0 Å². The third-order valence-electron chi connectivity index (χ3n) is 3.60. The zero-order valence-electron chi connectivity index (χ0n) is 12.5. The molecule has 1 aromatic carbocycles. The normalized spacial score (nSPS) is 19.7. The number of ether oxygens (including phenoxy) is 1. The number of nitrogen functional groups attached to an aromatic ring is 1. The number of nitrogens with zero attached hydrogens (tertiary/aromatic N) is 1. The van der Waals surface area contributed by atoms with Gasteiger partial charge < -0.3 is 15.8 Å². The van der Waals surface area contributed by atoms with Gasteiger partial charge >= 0.3 is 0 Å². The van der Waals surface area contributed by atoms with Gasteiger partial charge in [0.05, 0.1) is 22.4 Å². The van der Waals surface area contributed by atoms with Crippen LogP contribution >= 0.6 is 0 Å². The minimum atomic E-state index is -3.45. The molecule has 0 bridgehead atoms. The highest BCUT2D eigenvalue weighted by molar-refractivity contribution is 7.89. The van der Waals surface area contributed by atoms with Crippen LogP contribution in [-0.2, 0) is 14.8 Å². The molecule has 21 heavy (non-hydrogen) atoms. The molecule has 0 aromatic heterocycles. The van der Waals surface area contributed by atoms with Crippen molar-refractivity contribution in [1.29, 1.82) is 0 Å². The van der Waals surface area contributed by atoms with Crippen molar-refractivity contribution in [3.8, 4) is 0 Å². The van der Waals surface area contributed by atoms with Gasteiger partial charge in [0.2, 0.25) is 10.0 Å². The second-order valence-corrected chi connectivity index (χ2v) is 7.56. The van der Waals surface area contributed by atoms with Gasteiger partial charge in [0, 0.05) is 27.2 Å². The number of nitrogens with two attached hydrogens (primary N) is 1. The van der Waals surface area contributed by atoms with Crippen LogP contribution in [0.2, 0.25) is 0 Å². The van der Waals surface area contributed by atoms with E-state index < -0.39 is 10.0 Å². The molecule has 0 spiro atoms. The van der Waals surface area contributed by atoms with Crippen LogP contribution in [0.25, 0.3) is 0 Å². The molecule has 6 nitrogen and oxygen atoms in total. The van der Waals surface area contributed by atoms with Crippen LogP contribution in [0.4, 0.5) is 11.4 Å². The monoisotopic (exact) mass is 313 g/mol. The van der Waals surface area contributed by atoms with Crippen molar-refractivity contribution in [2.45, 2.75) is 30.3 Å². The molecule has 0 amide bonds. The van der Waals surface area contributed by atoms with Crippen LogP contribution in [0.15, 0.2) is 23.1 Å². The van der Waals surface area contributed by atoms with Crippen molar-refractivity contribution in [3.05, 3.63) is 18.2 Å². The van der Waals surface area contributed by atoms with Crippen LogP contribution in [0, 0.1) is 0 Å². The van der Waals surface area contributed by atoms with E-state index in [1.54, 1.807) is 12.1 Å². The molecule has 1 heterocycles. The predicted molar refractivity (Wildman–Crippen MR) is 83.8 cm³/mol. The molecule has 1 saturated heterocycles. The van der Waals surface area contributed by atoms with Crippen molar-refractivity contribution in [3.63, 3.8) is 0 Å². The van der Waals surface area contributed by atoms with Gasteiger partial charge in [-0.3, -0.25) is 0 Å². The summed E-state index contributed by atoms with van der Waals surface area (Å²) in [4.78, 5) is 0.230. The number of hydrogen-bond donors (Lipinski definition) is 2. The van der Waals surface area contributed by atoms with Crippen LogP contribution in [0.3, 0.4) is 0 Å². The summed E-state index contributed by atoms with van der Waals surface area (Å²) >= 11 is 0. The standard InChI is InChI=1S/C14H23N3O3S/c1-17(2)21(18,19)12-6-7-13(15)14(9-12)16-10-11-5-3-4-8-20-11/h6-7,9,11,16H,3-5,8,10,15H2,1-2H3. The Balaban J connectivity index is 2.12. The van der Waals surface area contributed by atoms with Crippen molar-refractivity contribution < 1.29 is 13.2 Å². The van der Waals surface area contributed by atoms with Crippen molar-refractivity contribution >= 4 is 21.4 Å². The molecule has 118 valence electrons. The zero-order valence-corrected chi connectivity index (χ0v) is 13.3. The van der Waals surface area contributed by atoms with Gasteiger partial charge in [0.25, 0.3) is 0 Å². The zero-order chi connectivity index (χ0) is 15.5. The predicted octanol–water partition coefficient (Wildman–Crippen LogP) is 1.50. The largest absolute Gasteiger partial charge is 0.397 e. The molecule has 3 N–H and O–H groups in total. The summed E-state index contributed by atoms with van der Waals surface area (Å²) in [5.41, 5.74) is 7.08. The van der Waals surface area contributed by atoms with Crippen LogP contribution in [0.5, 0.6) is 0 Å². The van der Waals surface area contributed by atoms with E-state index in [0.717, 1.165) is 25.9 Å². The second-order valence-electron chi connectivity index (χ2n) is 5.41. The summed E-state index contributed by atoms with van der Waals surface area (Å²) in [6.45, 7) is 1.42. The lowest BCUT2D eigenvalue weighted by Crippen LogP contribution is -2.27. The lowest BCUT2D eigenvalue weighted by molar-refractivity contribution is 0.0248. The fourth-order valence-electron chi connectivity index (χ4n) is 2.25. The summed E-state index contributed by atoms with van der Waals surface area (Å²) in [5.74, 6) is 0. The average molecular weight is 313 g/mol. The molecular weight excluding hydrogens is 290 g/mol. The fraction of sp³-hybridized carbons (Fsp3) is 0.571. The first kappa shape index (κ1) is 16.1. The highest BCUT2D eigenvalue weighted by Gasteiger charge is 2.19. The molecule has 1 aliphatic rings. The summed E-state index contributed by atoms with van der Waals surface area (Å²) in [5, 5.41) is 3.20. The minimum absolute atomic E-state index is 0.160. The Morgan fingerprint density at radius 1 is 1.38 bits per heavy atom. The lowest BCUT2D eigenvalue weighted by Gasteiger charge is -2.23. The van der Waals surface area contributed by atoms with Gasteiger partial charge in [-0.25, -0.2) is 12.7 Å². The maximum absolute atomic E-state index is 12.1. The summed E-state index contributed by atoms with van der Waals surface area (Å²) in [7, 11) is -0.436. The summed E-state index contributed by atoms with van der Waals surface area (Å²) in [6.07, 6.45) is 3.45. The first-order valence-corrected chi connectivity index (χ1v) is 8.53. The summed E-state index contributed by atoms with van der Waals surface area (Å²) < 4.78 is 31.1. The molecular formula is C14H23N3O3S. The van der Waals surface area contributed by atoms with Crippen LogP contribution in [-0.4, -0.2) is 46.1 Å². The smallest absolute Gasteiger partial charge is 0.242 e. The summed E-state index contributed by atoms with van der Waals surface area (Å²) in [6, 6.07) is 4.71. The molecule has 1 fully saturated rings.